The predicted molar refractivity (Wildman–Crippen MR) is 76.3 cm³/mol. The van der Waals surface area contributed by atoms with Crippen molar-refractivity contribution in [2.45, 2.75) is 26.2 Å². The van der Waals surface area contributed by atoms with Crippen LogP contribution in [0.1, 0.15) is 26.2 Å². The van der Waals surface area contributed by atoms with Crippen LogP contribution in [0.2, 0.25) is 0 Å². The summed E-state index contributed by atoms with van der Waals surface area (Å²) in [7, 11) is 0. The van der Waals surface area contributed by atoms with Gasteiger partial charge in [0.15, 0.2) is 0 Å². The van der Waals surface area contributed by atoms with Gasteiger partial charge in [-0.15, -0.1) is 0 Å². The number of piperidine rings is 1. The number of anilines is 1. The van der Waals surface area contributed by atoms with Gasteiger partial charge in [-0.25, -0.2) is 0 Å². The summed E-state index contributed by atoms with van der Waals surface area (Å²) in [6, 6.07) is 8.23. The Balaban J connectivity index is 1.87. The lowest BCUT2D eigenvalue weighted by Gasteiger charge is -2.23. The van der Waals surface area contributed by atoms with E-state index in [1.54, 1.807) is 0 Å². The molecule has 1 fully saturated rings. The van der Waals surface area contributed by atoms with E-state index in [9.17, 15) is 0 Å². The van der Waals surface area contributed by atoms with Crippen molar-refractivity contribution >= 4 is 5.69 Å². The summed E-state index contributed by atoms with van der Waals surface area (Å²) in [4.78, 5) is 0. The average Bonchev–Trinajstić information content (AvgIpc) is 2.45. The molecule has 0 bridgehead atoms. The van der Waals surface area contributed by atoms with Crippen LogP contribution in [0.15, 0.2) is 24.3 Å². The highest BCUT2D eigenvalue weighted by atomic mass is 16.5. The number of benzene rings is 1. The normalized spacial score (nSPS) is 16.5. The fourth-order valence-corrected chi connectivity index (χ4v) is 2.29. The van der Waals surface area contributed by atoms with E-state index in [1.165, 1.54) is 12.8 Å². The van der Waals surface area contributed by atoms with Crippen LogP contribution in [0.25, 0.3) is 0 Å². The molecule has 0 atom stereocenters. The molecule has 0 aromatic heterocycles. The molecule has 0 saturated carbocycles. The SMILES string of the molecule is CCCOc1ccccc1NCC1CCNCC1. The molecule has 1 aliphatic rings. The van der Waals surface area contributed by atoms with Crippen molar-refractivity contribution < 1.29 is 4.74 Å². The second kappa shape index (κ2) is 7.27. The monoisotopic (exact) mass is 248 g/mol. The smallest absolute Gasteiger partial charge is 0.142 e. The van der Waals surface area contributed by atoms with Gasteiger partial charge in [0.2, 0.25) is 0 Å². The second-order valence-corrected chi connectivity index (χ2v) is 4.92. The van der Waals surface area contributed by atoms with Gasteiger partial charge >= 0.3 is 0 Å². The van der Waals surface area contributed by atoms with E-state index in [2.05, 4.69) is 29.7 Å². The lowest BCUT2D eigenvalue weighted by molar-refractivity contribution is 0.318. The predicted octanol–water partition coefficient (Wildman–Crippen LogP) is 2.89. The largest absolute Gasteiger partial charge is 0.491 e. The van der Waals surface area contributed by atoms with Gasteiger partial charge in [0.05, 0.1) is 12.3 Å². The minimum atomic E-state index is 0.783. The fourth-order valence-electron chi connectivity index (χ4n) is 2.29. The Morgan fingerprint density at radius 3 is 2.83 bits per heavy atom. The minimum absolute atomic E-state index is 0.783. The molecular weight excluding hydrogens is 224 g/mol. The fraction of sp³-hybridized carbons (Fsp3) is 0.600. The second-order valence-electron chi connectivity index (χ2n) is 4.92. The molecule has 18 heavy (non-hydrogen) atoms. The first-order valence-corrected chi connectivity index (χ1v) is 7.06. The van der Waals surface area contributed by atoms with Gasteiger partial charge in [-0.1, -0.05) is 19.1 Å². The average molecular weight is 248 g/mol. The van der Waals surface area contributed by atoms with Crippen molar-refractivity contribution in [2.24, 2.45) is 5.92 Å². The molecule has 1 aliphatic heterocycles. The molecule has 100 valence electrons. The number of nitrogens with one attached hydrogen (secondary N) is 2. The maximum absolute atomic E-state index is 5.75. The molecule has 2 rings (SSSR count). The summed E-state index contributed by atoms with van der Waals surface area (Å²) in [5.41, 5.74) is 1.13. The van der Waals surface area contributed by atoms with Crippen LogP contribution in [0.3, 0.4) is 0 Å². The molecule has 0 radical (unpaired) electrons. The molecular formula is C15H24N2O. The minimum Gasteiger partial charge on any atom is -0.491 e. The van der Waals surface area contributed by atoms with E-state index < -0.39 is 0 Å². The first kappa shape index (κ1) is 13.2. The topological polar surface area (TPSA) is 33.3 Å². The van der Waals surface area contributed by atoms with Crippen LogP contribution in [0.4, 0.5) is 5.69 Å². The highest BCUT2D eigenvalue weighted by Gasteiger charge is 2.13. The van der Waals surface area contributed by atoms with Gasteiger partial charge in [-0.05, 0) is 50.4 Å². The molecule has 1 heterocycles. The van der Waals surface area contributed by atoms with E-state index >= 15 is 0 Å². The van der Waals surface area contributed by atoms with Crippen molar-refractivity contribution in [1.82, 2.24) is 5.32 Å². The van der Waals surface area contributed by atoms with Crippen LogP contribution in [-0.4, -0.2) is 26.2 Å². The van der Waals surface area contributed by atoms with Crippen molar-refractivity contribution in [2.75, 3.05) is 31.6 Å². The Hall–Kier alpha value is -1.22. The van der Waals surface area contributed by atoms with Crippen LogP contribution in [-0.2, 0) is 0 Å². The quantitative estimate of drug-likeness (QED) is 0.812. The van der Waals surface area contributed by atoms with E-state index in [0.29, 0.717) is 0 Å². The Morgan fingerprint density at radius 2 is 2.06 bits per heavy atom. The van der Waals surface area contributed by atoms with E-state index in [4.69, 9.17) is 4.74 Å². The van der Waals surface area contributed by atoms with Crippen molar-refractivity contribution in [3.63, 3.8) is 0 Å². The molecule has 1 aromatic rings. The maximum Gasteiger partial charge on any atom is 0.142 e. The van der Waals surface area contributed by atoms with E-state index in [1.807, 2.05) is 12.1 Å². The standard InChI is InChI=1S/C15H24N2O/c1-2-11-18-15-6-4-3-5-14(15)17-12-13-7-9-16-10-8-13/h3-6,13,16-17H,2,7-12H2,1H3. The molecule has 0 aliphatic carbocycles. The summed E-state index contributed by atoms with van der Waals surface area (Å²) >= 11 is 0. The van der Waals surface area contributed by atoms with Crippen LogP contribution in [0, 0.1) is 5.92 Å². The molecule has 1 aromatic carbocycles. The third-order valence-corrected chi connectivity index (χ3v) is 3.39. The summed E-state index contributed by atoms with van der Waals surface area (Å²) < 4.78 is 5.75. The molecule has 3 heteroatoms. The highest BCUT2D eigenvalue weighted by molar-refractivity contribution is 5.56. The van der Waals surface area contributed by atoms with Crippen LogP contribution < -0.4 is 15.4 Å². The zero-order chi connectivity index (χ0) is 12.6. The Labute approximate surface area is 110 Å². The Morgan fingerprint density at radius 1 is 1.28 bits per heavy atom. The lowest BCUT2D eigenvalue weighted by atomic mass is 9.98. The van der Waals surface area contributed by atoms with Crippen molar-refractivity contribution in [1.29, 1.82) is 0 Å². The summed E-state index contributed by atoms with van der Waals surface area (Å²) in [6.07, 6.45) is 3.58. The van der Waals surface area contributed by atoms with Gasteiger partial charge in [0, 0.05) is 6.54 Å². The first-order chi connectivity index (χ1) is 8.90. The number of para-hydroxylation sites is 2. The lowest BCUT2D eigenvalue weighted by Crippen LogP contribution is -2.31. The zero-order valence-corrected chi connectivity index (χ0v) is 11.2. The van der Waals surface area contributed by atoms with E-state index in [0.717, 1.165) is 50.0 Å². The third kappa shape index (κ3) is 3.91. The van der Waals surface area contributed by atoms with Gasteiger partial charge in [-0.3, -0.25) is 0 Å². The maximum atomic E-state index is 5.75. The van der Waals surface area contributed by atoms with Crippen molar-refractivity contribution in [3.05, 3.63) is 24.3 Å². The molecule has 3 nitrogen and oxygen atoms in total. The Bertz CT molecular complexity index is 348. The molecule has 0 unspecified atom stereocenters. The number of hydrogen-bond acceptors (Lipinski definition) is 3. The number of ether oxygens (including phenoxy) is 1. The van der Waals surface area contributed by atoms with Gasteiger partial charge in [-0.2, -0.15) is 0 Å². The molecule has 0 spiro atoms. The van der Waals surface area contributed by atoms with Gasteiger partial charge in [0.1, 0.15) is 5.75 Å². The molecule has 1 saturated heterocycles. The molecule has 0 amide bonds. The van der Waals surface area contributed by atoms with Gasteiger partial charge in [0.25, 0.3) is 0 Å². The Kier molecular flexibility index (Phi) is 5.34. The summed E-state index contributed by atoms with van der Waals surface area (Å²) in [5, 5.41) is 6.94. The number of hydrogen-bond donors (Lipinski definition) is 2. The highest BCUT2D eigenvalue weighted by Crippen LogP contribution is 2.24. The van der Waals surface area contributed by atoms with Crippen LogP contribution in [0.5, 0.6) is 5.75 Å². The third-order valence-electron chi connectivity index (χ3n) is 3.39. The zero-order valence-electron chi connectivity index (χ0n) is 11.2. The van der Waals surface area contributed by atoms with Crippen LogP contribution >= 0.6 is 0 Å². The first-order valence-electron chi connectivity index (χ1n) is 7.06. The van der Waals surface area contributed by atoms with Crippen molar-refractivity contribution in [3.8, 4) is 5.75 Å². The number of rotatable bonds is 6. The van der Waals surface area contributed by atoms with E-state index in [-0.39, 0.29) is 0 Å². The summed E-state index contributed by atoms with van der Waals surface area (Å²) in [5.74, 6) is 1.76. The summed E-state index contributed by atoms with van der Waals surface area (Å²) in [6.45, 7) is 6.27. The van der Waals surface area contributed by atoms with Gasteiger partial charge < -0.3 is 15.4 Å². The molecule has 2 N–H and O–H groups in total.